The number of carbonyl (C=O) groups is 1. The van der Waals surface area contributed by atoms with Crippen molar-refractivity contribution < 1.29 is 9.53 Å². The molecule has 1 amide bonds. The Bertz CT molecular complexity index is 1110. The summed E-state index contributed by atoms with van der Waals surface area (Å²) in [6, 6.07) is 19.6. The summed E-state index contributed by atoms with van der Waals surface area (Å²) in [5.41, 5.74) is 0.833. The Hall–Kier alpha value is -2.63. The van der Waals surface area contributed by atoms with E-state index in [0.29, 0.717) is 29.6 Å². The average molecular weight is 397 g/mol. The number of hydrogen-bond acceptors (Lipinski definition) is 4. The van der Waals surface area contributed by atoms with E-state index in [0.717, 1.165) is 21.4 Å². The molecule has 27 heavy (non-hydrogen) atoms. The third kappa shape index (κ3) is 4.38. The standard InChI is InChI=1S/C21H17ClN2O2S/c22-16-8-10-18-19(13-16)27-21(23-18)24-20(25)6-3-11-26-17-9-7-14-4-1-2-5-15(14)12-17/h1-2,4-5,7-10,12-13H,3,6,11H2,(H,23,24,25). The second-order valence-corrected chi connectivity index (χ2v) is 7.61. The van der Waals surface area contributed by atoms with Crippen molar-refractivity contribution in [2.75, 3.05) is 11.9 Å². The molecule has 4 nitrogen and oxygen atoms in total. The summed E-state index contributed by atoms with van der Waals surface area (Å²) in [6.45, 7) is 0.487. The Labute approximate surface area is 165 Å². The first-order valence-corrected chi connectivity index (χ1v) is 9.84. The molecule has 4 rings (SSSR count). The number of amides is 1. The van der Waals surface area contributed by atoms with Gasteiger partial charge in [-0.2, -0.15) is 0 Å². The minimum absolute atomic E-state index is 0.0673. The van der Waals surface area contributed by atoms with Gasteiger partial charge in [0.25, 0.3) is 0 Å². The van der Waals surface area contributed by atoms with Gasteiger partial charge in [-0.05, 0) is 47.5 Å². The maximum atomic E-state index is 12.1. The largest absolute Gasteiger partial charge is 0.494 e. The number of hydrogen-bond donors (Lipinski definition) is 1. The minimum atomic E-state index is -0.0673. The molecule has 0 saturated carbocycles. The number of halogens is 1. The molecule has 1 heterocycles. The first kappa shape index (κ1) is 17.8. The van der Waals surface area contributed by atoms with E-state index >= 15 is 0 Å². The number of carbonyl (C=O) groups excluding carboxylic acids is 1. The summed E-state index contributed by atoms with van der Waals surface area (Å²) >= 11 is 7.40. The van der Waals surface area contributed by atoms with Gasteiger partial charge < -0.3 is 10.1 Å². The number of nitrogens with one attached hydrogen (secondary N) is 1. The van der Waals surface area contributed by atoms with Crippen molar-refractivity contribution in [3.8, 4) is 5.75 Å². The van der Waals surface area contributed by atoms with Gasteiger partial charge in [0.05, 0.1) is 16.8 Å². The lowest BCUT2D eigenvalue weighted by atomic mass is 10.1. The van der Waals surface area contributed by atoms with Gasteiger partial charge >= 0.3 is 0 Å². The number of benzene rings is 3. The van der Waals surface area contributed by atoms with Crippen LogP contribution in [0.25, 0.3) is 21.0 Å². The van der Waals surface area contributed by atoms with E-state index in [1.54, 1.807) is 6.07 Å². The Morgan fingerprint density at radius 3 is 2.81 bits per heavy atom. The highest BCUT2D eigenvalue weighted by Gasteiger charge is 2.08. The third-order valence-corrected chi connectivity index (χ3v) is 5.30. The van der Waals surface area contributed by atoms with E-state index < -0.39 is 0 Å². The Morgan fingerprint density at radius 2 is 1.93 bits per heavy atom. The molecule has 4 aromatic rings. The van der Waals surface area contributed by atoms with Crippen LogP contribution in [0.15, 0.2) is 60.7 Å². The zero-order valence-corrected chi connectivity index (χ0v) is 16.0. The second kappa shape index (κ2) is 7.94. The van der Waals surface area contributed by atoms with Crippen LogP contribution in [0.1, 0.15) is 12.8 Å². The van der Waals surface area contributed by atoms with E-state index in [2.05, 4.69) is 22.4 Å². The monoisotopic (exact) mass is 396 g/mol. The number of nitrogens with zero attached hydrogens (tertiary/aromatic N) is 1. The predicted octanol–water partition coefficient (Wildman–Crippen LogP) is 5.90. The van der Waals surface area contributed by atoms with Crippen LogP contribution < -0.4 is 10.1 Å². The van der Waals surface area contributed by atoms with Crippen LogP contribution in [0.2, 0.25) is 5.02 Å². The lowest BCUT2D eigenvalue weighted by Crippen LogP contribution is -2.12. The van der Waals surface area contributed by atoms with Crippen LogP contribution in [0.4, 0.5) is 5.13 Å². The number of rotatable bonds is 6. The van der Waals surface area contributed by atoms with Gasteiger partial charge in [-0.3, -0.25) is 4.79 Å². The topological polar surface area (TPSA) is 51.2 Å². The molecule has 0 aliphatic rings. The molecule has 0 fully saturated rings. The first-order chi connectivity index (χ1) is 13.2. The molecular formula is C21H17ClN2O2S. The predicted molar refractivity (Wildman–Crippen MR) is 112 cm³/mol. The van der Waals surface area contributed by atoms with Crippen molar-refractivity contribution in [1.29, 1.82) is 0 Å². The van der Waals surface area contributed by atoms with Crippen LogP contribution in [-0.2, 0) is 4.79 Å². The highest BCUT2D eigenvalue weighted by molar-refractivity contribution is 7.22. The van der Waals surface area contributed by atoms with E-state index in [1.165, 1.54) is 16.7 Å². The maximum absolute atomic E-state index is 12.1. The second-order valence-electron chi connectivity index (χ2n) is 6.14. The van der Waals surface area contributed by atoms with Crippen molar-refractivity contribution in [2.24, 2.45) is 0 Å². The zero-order valence-electron chi connectivity index (χ0n) is 14.4. The minimum Gasteiger partial charge on any atom is -0.494 e. The van der Waals surface area contributed by atoms with Gasteiger partial charge in [0.15, 0.2) is 5.13 Å². The number of anilines is 1. The molecule has 0 atom stereocenters. The van der Waals surface area contributed by atoms with Crippen LogP contribution in [0.3, 0.4) is 0 Å². The molecule has 0 spiro atoms. The summed E-state index contributed by atoms with van der Waals surface area (Å²) in [6.07, 6.45) is 1.01. The molecule has 0 unspecified atom stereocenters. The highest BCUT2D eigenvalue weighted by Crippen LogP contribution is 2.28. The van der Waals surface area contributed by atoms with Crippen LogP contribution in [0.5, 0.6) is 5.75 Å². The molecule has 0 radical (unpaired) electrons. The summed E-state index contributed by atoms with van der Waals surface area (Å²) in [7, 11) is 0. The van der Waals surface area contributed by atoms with E-state index in [9.17, 15) is 4.79 Å². The fourth-order valence-electron chi connectivity index (χ4n) is 2.81. The van der Waals surface area contributed by atoms with Crippen molar-refractivity contribution in [3.63, 3.8) is 0 Å². The summed E-state index contributed by atoms with van der Waals surface area (Å²) in [4.78, 5) is 16.5. The van der Waals surface area contributed by atoms with Gasteiger partial charge in [-0.25, -0.2) is 4.98 Å². The lowest BCUT2D eigenvalue weighted by Gasteiger charge is -2.07. The zero-order chi connectivity index (χ0) is 18.6. The van der Waals surface area contributed by atoms with Crippen molar-refractivity contribution >= 4 is 55.0 Å². The van der Waals surface area contributed by atoms with E-state index in [1.807, 2.05) is 42.5 Å². The fourth-order valence-corrected chi connectivity index (χ4v) is 3.97. The fraction of sp³-hybridized carbons (Fsp3) is 0.143. The molecule has 1 N–H and O–H groups in total. The highest BCUT2D eigenvalue weighted by atomic mass is 35.5. The summed E-state index contributed by atoms with van der Waals surface area (Å²) < 4.78 is 6.72. The van der Waals surface area contributed by atoms with Gasteiger partial charge in [0, 0.05) is 11.4 Å². The summed E-state index contributed by atoms with van der Waals surface area (Å²) in [5, 5.41) is 6.42. The van der Waals surface area contributed by atoms with E-state index in [4.69, 9.17) is 16.3 Å². The van der Waals surface area contributed by atoms with E-state index in [-0.39, 0.29) is 5.91 Å². The Morgan fingerprint density at radius 1 is 1.07 bits per heavy atom. The lowest BCUT2D eigenvalue weighted by molar-refractivity contribution is -0.116. The number of ether oxygens (including phenoxy) is 1. The van der Waals surface area contributed by atoms with Crippen molar-refractivity contribution in [2.45, 2.75) is 12.8 Å². The normalized spacial score (nSPS) is 11.0. The van der Waals surface area contributed by atoms with Crippen LogP contribution in [-0.4, -0.2) is 17.5 Å². The molecular weight excluding hydrogens is 380 g/mol. The van der Waals surface area contributed by atoms with Crippen molar-refractivity contribution in [3.05, 3.63) is 65.7 Å². The number of thiazole rings is 1. The number of aromatic nitrogens is 1. The number of fused-ring (bicyclic) bond motifs is 2. The Balaban J connectivity index is 1.27. The SMILES string of the molecule is O=C(CCCOc1ccc2ccccc2c1)Nc1nc2ccc(Cl)cc2s1. The molecule has 136 valence electrons. The maximum Gasteiger partial charge on any atom is 0.226 e. The molecule has 6 heteroatoms. The van der Waals surface area contributed by atoms with Crippen LogP contribution >= 0.6 is 22.9 Å². The van der Waals surface area contributed by atoms with Crippen LogP contribution in [0, 0.1) is 0 Å². The quantitative estimate of drug-likeness (QED) is 0.413. The smallest absolute Gasteiger partial charge is 0.226 e. The molecule has 3 aromatic carbocycles. The summed E-state index contributed by atoms with van der Waals surface area (Å²) in [5.74, 6) is 0.749. The Kier molecular flexibility index (Phi) is 5.23. The third-order valence-electron chi connectivity index (χ3n) is 4.13. The van der Waals surface area contributed by atoms with Crippen molar-refractivity contribution in [1.82, 2.24) is 4.98 Å². The van der Waals surface area contributed by atoms with Gasteiger partial charge in [0.1, 0.15) is 5.75 Å². The molecule has 0 bridgehead atoms. The van der Waals surface area contributed by atoms with Gasteiger partial charge in [0.2, 0.25) is 5.91 Å². The average Bonchev–Trinajstić information content (AvgIpc) is 3.06. The molecule has 0 aliphatic carbocycles. The molecule has 1 aromatic heterocycles. The van der Waals surface area contributed by atoms with Gasteiger partial charge in [-0.1, -0.05) is 53.3 Å². The molecule has 0 aliphatic heterocycles. The molecule has 0 saturated heterocycles. The first-order valence-electron chi connectivity index (χ1n) is 8.65. The van der Waals surface area contributed by atoms with Gasteiger partial charge in [-0.15, -0.1) is 0 Å².